The number of aromatic nitrogens is 1. The first-order chi connectivity index (χ1) is 9.61. The van der Waals surface area contributed by atoms with Crippen molar-refractivity contribution in [3.8, 4) is 5.75 Å². The summed E-state index contributed by atoms with van der Waals surface area (Å²) in [6, 6.07) is 8.65. The fourth-order valence-corrected chi connectivity index (χ4v) is 1.91. The molecule has 0 aliphatic carbocycles. The maximum absolute atomic E-state index is 12.2. The van der Waals surface area contributed by atoms with Gasteiger partial charge in [0.15, 0.2) is 11.6 Å². The minimum absolute atomic E-state index is 0.189. The zero-order chi connectivity index (χ0) is 14.5. The third-order valence-electron chi connectivity index (χ3n) is 2.96. The van der Waals surface area contributed by atoms with Crippen molar-refractivity contribution in [1.82, 2.24) is 4.98 Å². The lowest BCUT2D eigenvalue weighted by molar-refractivity contribution is 0.0892. The zero-order valence-corrected chi connectivity index (χ0v) is 11.4. The standard InChI is InChI=1S/C16H15NO3/c1-11-5-6-16(20-2)13(8-11)15(19)9-14(18)12-4-3-7-17-10-12/h3-8,10H,9H2,1-2H3. The molecule has 0 N–H and O–H groups in total. The predicted octanol–water partition coefficient (Wildman–Crippen LogP) is 2.85. The van der Waals surface area contributed by atoms with Crippen LogP contribution in [0.15, 0.2) is 42.7 Å². The van der Waals surface area contributed by atoms with Crippen LogP contribution in [0.4, 0.5) is 0 Å². The third kappa shape index (κ3) is 3.09. The second kappa shape index (κ2) is 6.10. The number of hydrogen-bond donors (Lipinski definition) is 0. The van der Waals surface area contributed by atoms with Crippen LogP contribution < -0.4 is 4.74 Å². The van der Waals surface area contributed by atoms with E-state index in [0.717, 1.165) is 5.56 Å². The van der Waals surface area contributed by atoms with Crippen molar-refractivity contribution in [2.24, 2.45) is 0 Å². The third-order valence-corrected chi connectivity index (χ3v) is 2.96. The van der Waals surface area contributed by atoms with E-state index in [1.807, 2.05) is 13.0 Å². The molecule has 4 heteroatoms. The van der Waals surface area contributed by atoms with Gasteiger partial charge >= 0.3 is 0 Å². The molecular weight excluding hydrogens is 254 g/mol. The molecule has 0 amide bonds. The summed E-state index contributed by atoms with van der Waals surface area (Å²) in [5.41, 5.74) is 1.82. The number of nitrogens with zero attached hydrogens (tertiary/aromatic N) is 1. The SMILES string of the molecule is COc1ccc(C)cc1C(=O)CC(=O)c1cccnc1. The van der Waals surface area contributed by atoms with Crippen LogP contribution in [0.3, 0.4) is 0 Å². The maximum atomic E-state index is 12.2. The van der Waals surface area contributed by atoms with Gasteiger partial charge in [-0.25, -0.2) is 0 Å². The normalized spacial score (nSPS) is 10.1. The molecule has 2 aromatic rings. The monoisotopic (exact) mass is 269 g/mol. The van der Waals surface area contributed by atoms with Crippen molar-refractivity contribution in [2.75, 3.05) is 7.11 Å². The molecule has 0 aliphatic rings. The Balaban J connectivity index is 2.21. The molecule has 0 saturated heterocycles. The quantitative estimate of drug-likeness (QED) is 0.618. The molecule has 20 heavy (non-hydrogen) atoms. The van der Waals surface area contributed by atoms with Crippen molar-refractivity contribution in [3.63, 3.8) is 0 Å². The fraction of sp³-hybridized carbons (Fsp3) is 0.188. The molecule has 1 aromatic heterocycles. The van der Waals surface area contributed by atoms with E-state index in [1.54, 1.807) is 30.5 Å². The van der Waals surface area contributed by atoms with Gasteiger partial charge in [-0.15, -0.1) is 0 Å². The summed E-state index contributed by atoms with van der Waals surface area (Å²) in [5, 5.41) is 0. The number of hydrogen-bond acceptors (Lipinski definition) is 4. The van der Waals surface area contributed by atoms with Crippen LogP contribution in [0.5, 0.6) is 5.75 Å². The van der Waals surface area contributed by atoms with Crippen molar-refractivity contribution >= 4 is 11.6 Å². The summed E-state index contributed by atoms with van der Waals surface area (Å²) in [6.45, 7) is 1.89. The van der Waals surface area contributed by atoms with Gasteiger partial charge < -0.3 is 4.74 Å². The van der Waals surface area contributed by atoms with E-state index in [4.69, 9.17) is 4.74 Å². The zero-order valence-electron chi connectivity index (χ0n) is 11.4. The molecule has 0 unspecified atom stereocenters. The van der Waals surface area contributed by atoms with Crippen molar-refractivity contribution in [3.05, 3.63) is 59.4 Å². The highest BCUT2D eigenvalue weighted by Gasteiger charge is 2.17. The van der Waals surface area contributed by atoms with Gasteiger partial charge in [-0.05, 0) is 31.2 Å². The minimum atomic E-state index is -0.251. The predicted molar refractivity (Wildman–Crippen MR) is 75.2 cm³/mol. The van der Waals surface area contributed by atoms with Crippen LogP contribution in [0.25, 0.3) is 0 Å². The molecule has 1 heterocycles. The Labute approximate surface area is 117 Å². The number of methoxy groups -OCH3 is 1. The van der Waals surface area contributed by atoms with E-state index in [0.29, 0.717) is 16.9 Å². The van der Waals surface area contributed by atoms with E-state index < -0.39 is 0 Å². The topological polar surface area (TPSA) is 56.3 Å². The lowest BCUT2D eigenvalue weighted by atomic mass is 10.0. The highest BCUT2D eigenvalue weighted by molar-refractivity contribution is 6.14. The van der Waals surface area contributed by atoms with Gasteiger partial charge in [0.2, 0.25) is 0 Å². The Hall–Kier alpha value is -2.49. The number of ketones is 2. The van der Waals surface area contributed by atoms with Gasteiger partial charge in [0.1, 0.15) is 5.75 Å². The number of rotatable bonds is 5. The van der Waals surface area contributed by atoms with E-state index in [2.05, 4.69) is 4.98 Å². The second-order valence-corrected chi connectivity index (χ2v) is 4.47. The Morgan fingerprint density at radius 3 is 2.65 bits per heavy atom. The van der Waals surface area contributed by atoms with E-state index >= 15 is 0 Å². The Bertz CT molecular complexity index is 635. The number of carbonyl (C=O) groups is 2. The molecule has 0 aliphatic heterocycles. The summed E-state index contributed by atoms with van der Waals surface area (Å²) in [7, 11) is 1.50. The molecule has 0 bridgehead atoms. The number of ether oxygens (including phenoxy) is 1. The minimum Gasteiger partial charge on any atom is -0.496 e. The summed E-state index contributed by atoms with van der Waals surface area (Å²) in [6.07, 6.45) is 2.86. The van der Waals surface area contributed by atoms with Gasteiger partial charge in [-0.2, -0.15) is 0 Å². The molecule has 0 radical (unpaired) electrons. The first-order valence-electron chi connectivity index (χ1n) is 6.23. The number of carbonyl (C=O) groups excluding carboxylic acids is 2. The molecule has 0 saturated carbocycles. The lowest BCUT2D eigenvalue weighted by Gasteiger charge is -2.08. The fourth-order valence-electron chi connectivity index (χ4n) is 1.91. The molecule has 0 spiro atoms. The molecule has 0 atom stereocenters. The smallest absolute Gasteiger partial charge is 0.174 e. The van der Waals surface area contributed by atoms with Gasteiger partial charge in [0.05, 0.1) is 19.1 Å². The van der Waals surface area contributed by atoms with Crippen LogP contribution in [0.2, 0.25) is 0 Å². The second-order valence-electron chi connectivity index (χ2n) is 4.47. The van der Waals surface area contributed by atoms with Crippen molar-refractivity contribution in [2.45, 2.75) is 13.3 Å². The maximum Gasteiger partial charge on any atom is 0.174 e. The number of Topliss-reactive ketones (excluding diaryl/α,β-unsaturated/α-hetero) is 2. The first kappa shape index (κ1) is 13.9. The number of aryl methyl sites for hydroxylation is 1. The highest BCUT2D eigenvalue weighted by atomic mass is 16.5. The van der Waals surface area contributed by atoms with Crippen LogP contribution in [-0.4, -0.2) is 23.7 Å². The average Bonchev–Trinajstić information content (AvgIpc) is 2.48. The van der Waals surface area contributed by atoms with Crippen LogP contribution in [0.1, 0.15) is 32.7 Å². The van der Waals surface area contributed by atoms with Crippen molar-refractivity contribution < 1.29 is 14.3 Å². The molecule has 2 rings (SSSR count). The molecule has 102 valence electrons. The Kier molecular flexibility index (Phi) is 4.25. The largest absolute Gasteiger partial charge is 0.496 e. The van der Waals surface area contributed by atoms with E-state index in [-0.39, 0.29) is 18.0 Å². The van der Waals surface area contributed by atoms with Crippen LogP contribution in [0, 0.1) is 6.92 Å². The van der Waals surface area contributed by atoms with Crippen LogP contribution in [-0.2, 0) is 0 Å². The molecule has 0 fully saturated rings. The Morgan fingerprint density at radius 1 is 1.20 bits per heavy atom. The molecule has 4 nitrogen and oxygen atoms in total. The Morgan fingerprint density at radius 2 is 2.00 bits per heavy atom. The molecular formula is C16H15NO3. The summed E-state index contributed by atoms with van der Waals surface area (Å²) in [4.78, 5) is 28.1. The average molecular weight is 269 g/mol. The van der Waals surface area contributed by atoms with Gasteiger partial charge in [0.25, 0.3) is 0 Å². The van der Waals surface area contributed by atoms with Gasteiger partial charge in [-0.3, -0.25) is 14.6 Å². The number of benzene rings is 1. The van der Waals surface area contributed by atoms with Crippen molar-refractivity contribution in [1.29, 1.82) is 0 Å². The summed E-state index contributed by atoms with van der Waals surface area (Å²) in [5.74, 6) is -0.00866. The van der Waals surface area contributed by atoms with Gasteiger partial charge in [-0.1, -0.05) is 11.6 Å². The summed E-state index contributed by atoms with van der Waals surface area (Å²) >= 11 is 0. The highest BCUT2D eigenvalue weighted by Crippen LogP contribution is 2.21. The first-order valence-corrected chi connectivity index (χ1v) is 6.23. The van der Waals surface area contributed by atoms with E-state index in [1.165, 1.54) is 13.3 Å². The molecule has 1 aromatic carbocycles. The van der Waals surface area contributed by atoms with E-state index in [9.17, 15) is 9.59 Å². The van der Waals surface area contributed by atoms with Crippen LogP contribution >= 0.6 is 0 Å². The lowest BCUT2D eigenvalue weighted by Crippen LogP contribution is -2.10. The van der Waals surface area contributed by atoms with Gasteiger partial charge in [0, 0.05) is 18.0 Å². The number of pyridine rings is 1. The summed E-state index contributed by atoms with van der Waals surface area (Å²) < 4.78 is 5.16.